The second kappa shape index (κ2) is 8.54. The summed E-state index contributed by atoms with van der Waals surface area (Å²) in [5.41, 5.74) is 1.04. The van der Waals surface area contributed by atoms with Crippen molar-refractivity contribution in [2.75, 3.05) is 16.4 Å². The number of hydrogen-bond donors (Lipinski definition) is 2. The van der Waals surface area contributed by atoms with E-state index in [1.165, 1.54) is 47.4 Å². The number of hydrogen-bond acceptors (Lipinski definition) is 6. The summed E-state index contributed by atoms with van der Waals surface area (Å²) in [5, 5.41) is 13.5. The van der Waals surface area contributed by atoms with Gasteiger partial charge in [-0.05, 0) is 36.4 Å². The van der Waals surface area contributed by atoms with E-state index in [-0.39, 0.29) is 23.4 Å². The molecule has 0 fully saturated rings. The molecule has 0 atom stereocenters. The van der Waals surface area contributed by atoms with E-state index in [9.17, 15) is 14.0 Å². The SMILES string of the molecule is O=C(CSc1nnc(NC(=O)c2ccccc2)s1)Nc1ccc(F)cc1. The average Bonchev–Trinajstić information content (AvgIpc) is 3.10. The van der Waals surface area contributed by atoms with Crippen LogP contribution in [-0.2, 0) is 4.79 Å². The molecule has 1 aromatic heterocycles. The molecule has 0 saturated heterocycles. The third-order valence-electron chi connectivity index (χ3n) is 3.12. The number of halogens is 1. The number of anilines is 2. The van der Waals surface area contributed by atoms with E-state index in [0.717, 1.165) is 0 Å². The zero-order valence-corrected chi connectivity index (χ0v) is 14.9. The smallest absolute Gasteiger partial charge is 0.257 e. The van der Waals surface area contributed by atoms with Crippen molar-refractivity contribution in [1.29, 1.82) is 0 Å². The second-order valence-corrected chi connectivity index (χ2v) is 7.24. The lowest BCUT2D eigenvalue weighted by Gasteiger charge is -2.03. The Morgan fingerprint density at radius 1 is 1.00 bits per heavy atom. The molecule has 26 heavy (non-hydrogen) atoms. The summed E-state index contributed by atoms with van der Waals surface area (Å²) >= 11 is 2.39. The van der Waals surface area contributed by atoms with E-state index in [4.69, 9.17) is 0 Å². The van der Waals surface area contributed by atoms with Gasteiger partial charge in [0.2, 0.25) is 11.0 Å². The third-order valence-corrected chi connectivity index (χ3v) is 5.09. The van der Waals surface area contributed by atoms with Gasteiger partial charge >= 0.3 is 0 Å². The molecule has 0 aliphatic carbocycles. The van der Waals surface area contributed by atoms with E-state index < -0.39 is 0 Å². The van der Waals surface area contributed by atoms with Gasteiger partial charge in [0, 0.05) is 11.3 Å². The molecule has 0 saturated carbocycles. The van der Waals surface area contributed by atoms with E-state index in [0.29, 0.717) is 20.7 Å². The van der Waals surface area contributed by atoms with Gasteiger partial charge in [-0.3, -0.25) is 14.9 Å². The van der Waals surface area contributed by atoms with Crippen molar-refractivity contribution in [3.8, 4) is 0 Å². The maximum atomic E-state index is 12.8. The highest BCUT2D eigenvalue weighted by molar-refractivity contribution is 8.01. The quantitative estimate of drug-likeness (QED) is 0.497. The van der Waals surface area contributed by atoms with Crippen LogP contribution in [0.25, 0.3) is 0 Å². The van der Waals surface area contributed by atoms with Crippen LogP contribution in [0.2, 0.25) is 0 Å². The molecule has 0 radical (unpaired) electrons. The average molecular weight is 388 g/mol. The van der Waals surface area contributed by atoms with Crippen molar-refractivity contribution in [3.63, 3.8) is 0 Å². The summed E-state index contributed by atoms with van der Waals surface area (Å²) in [4.78, 5) is 23.9. The van der Waals surface area contributed by atoms with Gasteiger partial charge < -0.3 is 5.32 Å². The van der Waals surface area contributed by atoms with E-state index >= 15 is 0 Å². The number of aromatic nitrogens is 2. The van der Waals surface area contributed by atoms with Gasteiger partial charge in [0.05, 0.1) is 5.75 Å². The summed E-state index contributed by atoms with van der Waals surface area (Å²) in [6.45, 7) is 0. The van der Waals surface area contributed by atoms with Gasteiger partial charge in [-0.2, -0.15) is 0 Å². The van der Waals surface area contributed by atoms with Crippen LogP contribution >= 0.6 is 23.1 Å². The van der Waals surface area contributed by atoms with Crippen molar-refractivity contribution in [2.24, 2.45) is 0 Å². The topological polar surface area (TPSA) is 84.0 Å². The first-order valence-electron chi connectivity index (χ1n) is 7.48. The molecule has 0 unspecified atom stereocenters. The monoisotopic (exact) mass is 388 g/mol. The van der Waals surface area contributed by atoms with Crippen molar-refractivity contribution in [3.05, 3.63) is 66.0 Å². The molecule has 3 rings (SSSR count). The minimum atomic E-state index is -0.365. The van der Waals surface area contributed by atoms with Gasteiger partial charge in [0.1, 0.15) is 5.82 Å². The number of benzene rings is 2. The van der Waals surface area contributed by atoms with Gasteiger partial charge in [-0.25, -0.2) is 4.39 Å². The number of carbonyl (C=O) groups excluding carboxylic acids is 2. The summed E-state index contributed by atoms with van der Waals surface area (Å²) in [5.74, 6) is -0.756. The summed E-state index contributed by atoms with van der Waals surface area (Å²) in [6, 6.07) is 14.3. The largest absolute Gasteiger partial charge is 0.325 e. The maximum absolute atomic E-state index is 12.8. The molecule has 6 nitrogen and oxygen atoms in total. The Kier molecular flexibility index (Phi) is 5.92. The Labute approximate surface area is 156 Å². The lowest BCUT2D eigenvalue weighted by Crippen LogP contribution is -2.13. The van der Waals surface area contributed by atoms with Crippen LogP contribution in [0.4, 0.5) is 15.2 Å². The molecule has 2 amide bonds. The van der Waals surface area contributed by atoms with Gasteiger partial charge in [-0.1, -0.05) is 41.3 Å². The lowest BCUT2D eigenvalue weighted by atomic mass is 10.2. The molecule has 3 aromatic rings. The Morgan fingerprint density at radius 2 is 1.73 bits per heavy atom. The number of nitrogens with zero attached hydrogens (tertiary/aromatic N) is 2. The van der Waals surface area contributed by atoms with Crippen molar-refractivity contribution >= 4 is 45.7 Å². The first-order valence-corrected chi connectivity index (χ1v) is 9.28. The van der Waals surface area contributed by atoms with E-state index in [1.807, 2.05) is 6.07 Å². The van der Waals surface area contributed by atoms with E-state index in [2.05, 4.69) is 20.8 Å². The number of amides is 2. The second-order valence-electron chi connectivity index (χ2n) is 5.04. The highest BCUT2D eigenvalue weighted by Crippen LogP contribution is 2.26. The first-order chi connectivity index (χ1) is 12.6. The van der Waals surface area contributed by atoms with Crippen LogP contribution < -0.4 is 10.6 Å². The van der Waals surface area contributed by atoms with Gasteiger partial charge in [0.15, 0.2) is 4.34 Å². The van der Waals surface area contributed by atoms with Crippen molar-refractivity contribution in [2.45, 2.75) is 4.34 Å². The van der Waals surface area contributed by atoms with Crippen LogP contribution in [0.15, 0.2) is 58.9 Å². The molecule has 9 heteroatoms. The third kappa shape index (κ3) is 5.11. The van der Waals surface area contributed by atoms with Crippen LogP contribution in [-0.4, -0.2) is 27.8 Å². The highest BCUT2D eigenvalue weighted by Gasteiger charge is 2.11. The Morgan fingerprint density at radius 3 is 2.46 bits per heavy atom. The molecular weight excluding hydrogens is 375 g/mol. The van der Waals surface area contributed by atoms with Crippen LogP contribution in [0.1, 0.15) is 10.4 Å². The molecular formula is C17H13FN4O2S2. The number of nitrogens with one attached hydrogen (secondary N) is 2. The molecule has 2 aromatic carbocycles. The summed E-state index contributed by atoms with van der Waals surface area (Å²) < 4.78 is 13.4. The molecule has 0 bridgehead atoms. The van der Waals surface area contributed by atoms with Crippen LogP contribution in [0, 0.1) is 5.82 Å². The van der Waals surface area contributed by atoms with Gasteiger partial charge in [-0.15, -0.1) is 10.2 Å². The number of carbonyl (C=O) groups is 2. The molecule has 1 heterocycles. The summed E-state index contributed by atoms with van der Waals surface area (Å²) in [7, 11) is 0. The lowest BCUT2D eigenvalue weighted by molar-refractivity contribution is -0.113. The fourth-order valence-electron chi connectivity index (χ4n) is 1.94. The Balaban J connectivity index is 1.49. The standard InChI is InChI=1S/C17H13FN4O2S2/c18-12-6-8-13(9-7-12)19-14(23)10-25-17-22-21-16(26-17)20-15(24)11-4-2-1-3-5-11/h1-9H,10H2,(H,19,23)(H,20,21,24). The highest BCUT2D eigenvalue weighted by atomic mass is 32.2. The van der Waals surface area contributed by atoms with Gasteiger partial charge in [0.25, 0.3) is 5.91 Å². The fourth-order valence-corrected chi connectivity index (χ4v) is 3.48. The van der Waals surface area contributed by atoms with Crippen LogP contribution in [0.3, 0.4) is 0 Å². The molecule has 0 aliphatic heterocycles. The Hall–Kier alpha value is -2.78. The van der Waals surface area contributed by atoms with Crippen molar-refractivity contribution in [1.82, 2.24) is 10.2 Å². The predicted octanol–water partition coefficient (Wildman–Crippen LogP) is 3.66. The minimum absolute atomic E-state index is 0.124. The molecule has 2 N–H and O–H groups in total. The van der Waals surface area contributed by atoms with Crippen LogP contribution in [0.5, 0.6) is 0 Å². The van der Waals surface area contributed by atoms with E-state index in [1.54, 1.807) is 24.3 Å². The zero-order chi connectivity index (χ0) is 18.4. The zero-order valence-electron chi connectivity index (χ0n) is 13.3. The fraction of sp³-hybridized carbons (Fsp3) is 0.0588. The summed E-state index contributed by atoms with van der Waals surface area (Å²) in [6.07, 6.45) is 0. The molecule has 0 spiro atoms. The molecule has 132 valence electrons. The normalized spacial score (nSPS) is 10.3. The minimum Gasteiger partial charge on any atom is -0.325 e. The maximum Gasteiger partial charge on any atom is 0.257 e. The number of rotatable bonds is 6. The predicted molar refractivity (Wildman–Crippen MR) is 100 cm³/mol. The molecule has 0 aliphatic rings. The van der Waals surface area contributed by atoms with Crippen molar-refractivity contribution < 1.29 is 14.0 Å². The number of thioether (sulfide) groups is 1. The Bertz CT molecular complexity index is 901. The first kappa shape index (κ1) is 18.0.